The number of para-hydroxylation sites is 1. The molecule has 0 amide bonds. The standard InChI is InChI=1S/C20H16N4O.ClH/c1-20(13-22,14-24-10-9-23-15-24)19-8-7-18(11-16(19)12-21)25-17-5-3-2-4-6-17;/h2-11,15H,14H2,1H3;1H. The fraction of sp³-hybridized carbons (Fsp3) is 0.150. The van der Waals surface area contributed by atoms with E-state index in [0.717, 1.165) is 0 Å². The maximum absolute atomic E-state index is 9.74. The van der Waals surface area contributed by atoms with Crippen LogP contribution in [0.1, 0.15) is 18.1 Å². The highest BCUT2D eigenvalue weighted by Gasteiger charge is 2.30. The maximum Gasteiger partial charge on any atom is 0.128 e. The van der Waals surface area contributed by atoms with Crippen LogP contribution in [-0.4, -0.2) is 9.55 Å². The number of nitrogens with zero attached hydrogens (tertiary/aromatic N) is 4. The van der Waals surface area contributed by atoms with Crippen LogP contribution in [-0.2, 0) is 12.0 Å². The van der Waals surface area contributed by atoms with Crippen LogP contribution in [0.3, 0.4) is 0 Å². The van der Waals surface area contributed by atoms with Crippen LogP contribution in [0.2, 0.25) is 0 Å². The summed E-state index contributed by atoms with van der Waals surface area (Å²) in [5.74, 6) is 1.26. The lowest BCUT2D eigenvalue weighted by Gasteiger charge is -2.24. The van der Waals surface area contributed by atoms with Crippen LogP contribution < -0.4 is 4.74 Å². The molecular weight excluding hydrogens is 348 g/mol. The predicted molar refractivity (Wildman–Crippen MR) is 100 cm³/mol. The van der Waals surface area contributed by atoms with Gasteiger partial charge in [-0.15, -0.1) is 12.4 Å². The van der Waals surface area contributed by atoms with Crippen LogP contribution in [0.4, 0.5) is 0 Å². The molecule has 0 fully saturated rings. The number of benzene rings is 2. The first kappa shape index (κ1) is 19.1. The molecule has 0 N–H and O–H groups in total. The lowest BCUT2D eigenvalue weighted by molar-refractivity contribution is 0.476. The van der Waals surface area contributed by atoms with E-state index in [1.807, 2.05) is 41.8 Å². The van der Waals surface area contributed by atoms with Gasteiger partial charge in [0.25, 0.3) is 0 Å². The molecule has 3 aromatic rings. The molecule has 26 heavy (non-hydrogen) atoms. The van der Waals surface area contributed by atoms with E-state index in [1.165, 1.54) is 0 Å². The minimum Gasteiger partial charge on any atom is -0.457 e. The van der Waals surface area contributed by atoms with Crippen molar-refractivity contribution >= 4 is 12.4 Å². The number of rotatable bonds is 5. The van der Waals surface area contributed by atoms with Crippen molar-refractivity contribution in [2.24, 2.45) is 0 Å². The Morgan fingerprint density at radius 3 is 2.50 bits per heavy atom. The SMILES string of the molecule is CC(C#N)(Cn1ccnc1)c1ccc(Oc2ccccc2)cc1C#N.Cl. The number of hydrogen-bond acceptors (Lipinski definition) is 4. The molecule has 0 saturated carbocycles. The van der Waals surface area contributed by atoms with Gasteiger partial charge in [-0.25, -0.2) is 4.98 Å². The van der Waals surface area contributed by atoms with Crippen molar-refractivity contribution in [2.45, 2.75) is 18.9 Å². The van der Waals surface area contributed by atoms with E-state index in [1.54, 1.807) is 36.9 Å². The summed E-state index contributed by atoms with van der Waals surface area (Å²) in [7, 11) is 0. The summed E-state index contributed by atoms with van der Waals surface area (Å²) in [5.41, 5.74) is 0.251. The molecule has 0 radical (unpaired) electrons. The molecule has 0 aliphatic heterocycles. The van der Waals surface area contributed by atoms with Gasteiger partial charge < -0.3 is 9.30 Å². The third-order valence-corrected chi connectivity index (χ3v) is 3.99. The minimum atomic E-state index is -0.850. The minimum absolute atomic E-state index is 0. The Labute approximate surface area is 158 Å². The predicted octanol–water partition coefficient (Wildman–Crippen LogP) is 4.45. The van der Waals surface area contributed by atoms with Crippen LogP contribution in [0.15, 0.2) is 67.3 Å². The summed E-state index contributed by atoms with van der Waals surface area (Å²) in [6.45, 7) is 2.23. The van der Waals surface area contributed by atoms with Crippen LogP contribution in [0, 0.1) is 22.7 Å². The smallest absolute Gasteiger partial charge is 0.128 e. The molecule has 1 atom stereocenters. The Morgan fingerprint density at radius 2 is 1.88 bits per heavy atom. The van der Waals surface area contributed by atoms with Crippen LogP contribution >= 0.6 is 12.4 Å². The van der Waals surface area contributed by atoms with Gasteiger partial charge in [-0.2, -0.15) is 10.5 Å². The summed E-state index contributed by atoms with van der Waals surface area (Å²) >= 11 is 0. The second-order valence-electron chi connectivity index (χ2n) is 5.91. The van der Waals surface area contributed by atoms with E-state index in [0.29, 0.717) is 29.2 Å². The highest BCUT2D eigenvalue weighted by molar-refractivity contribution is 5.85. The van der Waals surface area contributed by atoms with Crippen molar-refractivity contribution in [3.8, 4) is 23.6 Å². The second-order valence-corrected chi connectivity index (χ2v) is 5.91. The number of imidazole rings is 1. The summed E-state index contributed by atoms with van der Waals surface area (Å²) in [4.78, 5) is 4.01. The molecule has 0 saturated heterocycles. The molecule has 5 nitrogen and oxygen atoms in total. The zero-order valence-corrected chi connectivity index (χ0v) is 15.0. The van der Waals surface area contributed by atoms with Gasteiger partial charge in [-0.05, 0) is 36.8 Å². The zero-order valence-electron chi connectivity index (χ0n) is 14.2. The molecule has 130 valence electrons. The molecule has 0 bridgehead atoms. The Bertz CT molecular complexity index is 942. The van der Waals surface area contributed by atoms with Crippen molar-refractivity contribution in [3.63, 3.8) is 0 Å². The largest absolute Gasteiger partial charge is 0.457 e. The number of aromatic nitrogens is 2. The van der Waals surface area contributed by atoms with Crippen molar-refractivity contribution in [1.82, 2.24) is 9.55 Å². The van der Waals surface area contributed by atoms with E-state index in [-0.39, 0.29) is 12.4 Å². The Morgan fingerprint density at radius 1 is 1.12 bits per heavy atom. The fourth-order valence-corrected chi connectivity index (χ4v) is 2.71. The quantitative estimate of drug-likeness (QED) is 0.670. The lowest BCUT2D eigenvalue weighted by atomic mass is 9.81. The third-order valence-electron chi connectivity index (χ3n) is 3.99. The summed E-state index contributed by atoms with van der Waals surface area (Å²) in [6.07, 6.45) is 5.13. The average Bonchev–Trinajstić information content (AvgIpc) is 3.15. The molecule has 1 heterocycles. The molecule has 1 unspecified atom stereocenters. The summed E-state index contributed by atoms with van der Waals surface area (Å²) in [5, 5.41) is 19.3. The van der Waals surface area contributed by atoms with E-state index in [2.05, 4.69) is 17.1 Å². The van der Waals surface area contributed by atoms with Gasteiger partial charge in [0, 0.05) is 18.9 Å². The first-order valence-electron chi connectivity index (χ1n) is 7.79. The lowest BCUT2D eigenvalue weighted by Crippen LogP contribution is -2.27. The van der Waals surface area contributed by atoms with Crippen molar-refractivity contribution in [2.75, 3.05) is 0 Å². The van der Waals surface area contributed by atoms with Crippen LogP contribution in [0.5, 0.6) is 11.5 Å². The Balaban J connectivity index is 0.00000243. The first-order valence-corrected chi connectivity index (χ1v) is 7.79. The molecule has 2 aromatic carbocycles. The van der Waals surface area contributed by atoms with Gasteiger partial charge in [0.1, 0.15) is 11.5 Å². The molecule has 0 spiro atoms. The van der Waals surface area contributed by atoms with E-state index in [9.17, 15) is 10.5 Å². The molecule has 1 aromatic heterocycles. The number of ether oxygens (including phenoxy) is 1. The average molecular weight is 365 g/mol. The highest BCUT2D eigenvalue weighted by atomic mass is 35.5. The second kappa shape index (κ2) is 8.20. The summed E-state index contributed by atoms with van der Waals surface area (Å²) in [6, 6.07) is 19.1. The number of halogens is 1. The van der Waals surface area contributed by atoms with E-state index >= 15 is 0 Å². The summed E-state index contributed by atoms with van der Waals surface area (Å²) < 4.78 is 7.61. The number of nitriles is 2. The van der Waals surface area contributed by atoms with E-state index < -0.39 is 5.41 Å². The van der Waals surface area contributed by atoms with Crippen LogP contribution in [0.25, 0.3) is 0 Å². The van der Waals surface area contributed by atoms with Crippen molar-refractivity contribution in [3.05, 3.63) is 78.4 Å². The first-order chi connectivity index (χ1) is 12.1. The van der Waals surface area contributed by atoms with Gasteiger partial charge in [-0.3, -0.25) is 0 Å². The number of hydrogen-bond donors (Lipinski definition) is 0. The molecule has 3 rings (SSSR count). The van der Waals surface area contributed by atoms with Crippen molar-refractivity contribution < 1.29 is 4.74 Å². The monoisotopic (exact) mass is 364 g/mol. The van der Waals surface area contributed by atoms with Gasteiger partial charge >= 0.3 is 0 Å². The van der Waals surface area contributed by atoms with Gasteiger partial charge in [0.15, 0.2) is 0 Å². The topological polar surface area (TPSA) is 74.6 Å². The molecule has 6 heteroatoms. The maximum atomic E-state index is 9.74. The van der Waals surface area contributed by atoms with E-state index in [4.69, 9.17) is 4.74 Å². The van der Waals surface area contributed by atoms with Crippen molar-refractivity contribution in [1.29, 1.82) is 10.5 Å². The Kier molecular flexibility index (Phi) is 6.01. The third kappa shape index (κ3) is 4.03. The molecular formula is C20H17ClN4O. The molecule has 0 aliphatic carbocycles. The molecule has 0 aliphatic rings. The van der Waals surface area contributed by atoms with Gasteiger partial charge in [0.05, 0.1) is 29.4 Å². The Hall–Kier alpha value is -3.28. The zero-order chi connectivity index (χ0) is 17.7. The highest BCUT2D eigenvalue weighted by Crippen LogP contribution is 2.32. The normalized spacial score (nSPS) is 12.1. The fourth-order valence-electron chi connectivity index (χ4n) is 2.71. The van der Waals surface area contributed by atoms with Gasteiger partial charge in [0.2, 0.25) is 0 Å². The van der Waals surface area contributed by atoms with Gasteiger partial charge in [-0.1, -0.05) is 24.3 Å².